The first kappa shape index (κ1) is 5.50. The van der Waals surface area contributed by atoms with Crippen LogP contribution in [-0.4, -0.2) is 11.9 Å². The summed E-state index contributed by atoms with van der Waals surface area (Å²) < 4.78 is 0. The number of thioether (sulfide) groups is 1. The Morgan fingerprint density at radius 2 is 2.75 bits per heavy atom. The van der Waals surface area contributed by atoms with Gasteiger partial charge in [0, 0.05) is 6.20 Å². The van der Waals surface area contributed by atoms with Crippen molar-refractivity contribution in [1.29, 1.82) is 0 Å². The second-order valence-corrected chi connectivity index (χ2v) is 2.29. The zero-order valence-corrected chi connectivity index (χ0v) is 4.94. The van der Waals surface area contributed by atoms with E-state index in [1.807, 2.05) is 5.41 Å². The number of nitrogens with one attached hydrogen (secondary N) is 2. The van der Waals surface area contributed by atoms with Crippen molar-refractivity contribution in [1.82, 2.24) is 10.6 Å². The molecular weight excluding hydrogens is 124 g/mol. The van der Waals surface area contributed by atoms with E-state index < -0.39 is 0 Å². The highest BCUT2D eigenvalue weighted by Crippen LogP contribution is 2.10. The fourth-order valence-electron chi connectivity index (χ4n) is 0.433. The second-order valence-electron chi connectivity index (χ2n) is 1.27. The van der Waals surface area contributed by atoms with Crippen LogP contribution in [0, 0.1) is 0 Å². The van der Waals surface area contributed by atoms with E-state index in [-0.39, 0.29) is 5.50 Å². The van der Waals surface area contributed by atoms with Crippen LogP contribution < -0.4 is 10.6 Å². The Balaban J connectivity index is 2.19. The molecule has 0 aliphatic carbocycles. The summed E-state index contributed by atoms with van der Waals surface area (Å²) in [5.74, 6) is 0. The first-order chi connectivity index (χ1) is 3.93. The maximum Gasteiger partial charge on any atom is 0.209 e. The highest BCUT2D eigenvalue weighted by molar-refractivity contribution is 8.02. The summed E-state index contributed by atoms with van der Waals surface area (Å²) in [5.41, 5.74) is 0.0486. The van der Waals surface area contributed by atoms with E-state index in [1.165, 1.54) is 11.8 Å². The summed E-state index contributed by atoms with van der Waals surface area (Å²) in [4.78, 5) is 9.77. The summed E-state index contributed by atoms with van der Waals surface area (Å²) in [5, 5.41) is 7.34. The molecule has 1 heterocycles. The quantitative estimate of drug-likeness (QED) is 0.510. The zero-order valence-electron chi connectivity index (χ0n) is 4.13. The molecule has 0 spiro atoms. The van der Waals surface area contributed by atoms with Gasteiger partial charge in [0.1, 0.15) is 0 Å². The van der Waals surface area contributed by atoms with E-state index in [9.17, 15) is 4.79 Å². The molecule has 0 saturated carbocycles. The van der Waals surface area contributed by atoms with Crippen LogP contribution >= 0.6 is 11.8 Å². The lowest BCUT2D eigenvalue weighted by molar-refractivity contribution is -0.109. The monoisotopic (exact) mass is 130 g/mol. The van der Waals surface area contributed by atoms with Crippen molar-refractivity contribution in [3.05, 3.63) is 11.6 Å². The van der Waals surface area contributed by atoms with Gasteiger partial charge in [-0.15, -0.1) is 0 Å². The van der Waals surface area contributed by atoms with Crippen LogP contribution in [0.4, 0.5) is 0 Å². The van der Waals surface area contributed by atoms with Crippen molar-refractivity contribution in [2.75, 3.05) is 0 Å². The van der Waals surface area contributed by atoms with Crippen LogP contribution in [0.1, 0.15) is 0 Å². The number of amides is 1. The molecule has 0 aromatic carbocycles. The van der Waals surface area contributed by atoms with Gasteiger partial charge in [-0.25, -0.2) is 0 Å². The molecule has 1 atom stereocenters. The maximum atomic E-state index is 9.77. The Kier molecular flexibility index (Phi) is 1.80. The summed E-state index contributed by atoms with van der Waals surface area (Å²) in [6, 6.07) is 0. The van der Waals surface area contributed by atoms with Gasteiger partial charge < -0.3 is 10.6 Å². The van der Waals surface area contributed by atoms with Crippen molar-refractivity contribution in [2.45, 2.75) is 5.50 Å². The molecule has 2 N–H and O–H groups in total. The van der Waals surface area contributed by atoms with E-state index in [0.717, 1.165) is 0 Å². The molecule has 0 aromatic heterocycles. The molecular formula is C4H6N2OS. The molecule has 3 nitrogen and oxygen atoms in total. The van der Waals surface area contributed by atoms with Crippen LogP contribution in [0.2, 0.25) is 0 Å². The minimum atomic E-state index is 0.0486. The van der Waals surface area contributed by atoms with Gasteiger partial charge in [0.25, 0.3) is 0 Å². The topological polar surface area (TPSA) is 41.1 Å². The lowest BCUT2D eigenvalue weighted by Gasteiger charge is -2.05. The lowest BCUT2D eigenvalue weighted by Crippen LogP contribution is -2.32. The van der Waals surface area contributed by atoms with Gasteiger partial charge in [-0.05, 0) is 5.41 Å². The average molecular weight is 130 g/mol. The minimum absolute atomic E-state index is 0.0486. The van der Waals surface area contributed by atoms with Crippen LogP contribution in [-0.2, 0) is 4.79 Å². The molecule has 0 bridgehead atoms. The predicted molar refractivity (Wildman–Crippen MR) is 32.9 cm³/mol. The zero-order chi connectivity index (χ0) is 5.82. The number of rotatable bonds is 2. The predicted octanol–water partition coefficient (Wildman–Crippen LogP) is -0.176. The van der Waals surface area contributed by atoms with Gasteiger partial charge in [0.15, 0.2) is 5.50 Å². The maximum absolute atomic E-state index is 9.77. The van der Waals surface area contributed by atoms with Crippen molar-refractivity contribution in [3.8, 4) is 0 Å². The van der Waals surface area contributed by atoms with Crippen LogP contribution in [0.15, 0.2) is 11.6 Å². The summed E-state index contributed by atoms with van der Waals surface area (Å²) >= 11 is 1.53. The summed E-state index contributed by atoms with van der Waals surface area (Å²) in [6.07, 6.45) is 2.48. The van der Waals surface area contributed by atoms with Crippen LogP contribution in [0.25, 0.3) is 0 Å². The fraction of sp³-hybridized carbons (Fsp3) is 0.250. The van der Waals surface area contributed by atoms with Crippen molar-refractivity contribution in [3.63, 3.8) is 0 Å². The summed E-state index contributed by atoms with van der Waals surface area (Å²) in [7, 11) is 0. The Morgan fingerprint density at radius 1 is 1.88 bits per heavy atom. The Morgan fingerprint density at radius 3 is 3.25 bits per heavy atom. The van der Waals surface area contributed by atoms with Crippen LogP contribution in [0.5, 0.6) is 0 Å². The molecule has 0 fully saturated rings. The third-order valence-electron chi connectivity index (χ3n) is 0.750. The normalized spacial score (nSPS) is 24.8. The van der Waals surface area contributed by atoms with Crippen molar-refractivity contribution in [2.24, 2.45) is 0 Å². The highest BCUT2D eigenvalue weighted by Gasteiger charge is 2.05. The molecule has 1 amide bonds. The van der Waals surface area contributed by atoms with Gasteiger partial charge in [-0.3, -0.25) is 4.79 Å². The molecule has 1 unspecified atom stereocenters. The smallest absolute Gasteiger partial charge is 0.209 e. The van der Waals surface area contributed by atoms with Gasteiger partial charge >= 0.3 is 0 Å². The molecule has 1 rings (SSSR count). The Hall–Kier alpha value is -0.640. The molecule has 0 aromatic rings. The Labute approximate surface area is 51.5 Å². The molecule has 1 aliphatic rings. The summed E-state index contributed by atoms with van der Waals surface area (Å²) in [6.45, 7) is 0. The largest absolute Gasteiger partial charge is 0.362 e. The molecule has 4 heteroatoms. The Bertz CT molecular complexity index is 107. The molecule has 44 valence electrons. The van der Waals surface area contributed by atoms with Gasteiger partial charge in [-0.2, -0.15) is 0 Å². The van der Waals surface area contributed by atoms with E-state index in [0.29, 0.717) is 6.41 Å². The SMILES string of the molecule is O=CNC1NC=CS1. The average Bonchev–Trinajstić information content (AvgIpc) is 2.19. The van der Waals surface area contributed by atoms with Gasteiger partial charge in [0.05, 0.1) is 0 Å². The highest BCUT2D eigenvalue weighted by atomic mass is 32.2. The van der Waals surface area contributed by atoms with Crippen molar-refractivity contribution < 1.29 is 4.79 Å². The molecule has 0 saturated heterocycles. The number of hydrogen-bond donors (Lipinski definition) is 2. The van der Waals surface area contributed by atoms with Gasteiger partial charge in [-0.1, -0.05) is 11.8 Å². The minimum Gasteiger partial charge on any atom is -0.362 e. The van der Waals surface area contributed by atoms with Crippen LogP contribution in [0.3, 0.4) is 0 Å². The standard InChI is InChI=1S/C4H6N2OS/c7-3-6-4-5-1-2-8-4/h1-5H,(H,6,7). The van der Waals surface area contributed by atoms with E-state index >= 15 is 0 Å². The number of hydrogen-bond acceptors (Lipinski definition) is 3. The van der Waals surface area contributed by atoms with E-state index in [1.54, 1.807) is 6.20 Å². The molecule has 0 radical (unpaired) electrons. The van der Waals surface area contributed by atoms with Gasteiger partial charge in [0.2, 0.25) is 6.41 Å². The third kappa shape index (κ3) is 1.16. The van der Waals surface area contributed by atoms with Crippen molar-refractivity contribution >= 4 is 18.2 Å². The first-order valence-electron chi connectivity index (χ1n) is 2.20. The van der Waals surface area contributed by atoms with E-state index in [2.05, 4.69) is 10.6 Å². The number of carbonyl (C=O) groups is 1. The van der Waals surface area contributed by atoms with E-state index in [4.69, 9.17) is 0 Å². The lowest BCUT2D eigenvalue weighted by atomic mass is 10.9. The second kappa shape index (κ2) is 2.61. The molecule has 8 heavy (non-hydrogen) atoms. The third-order valence-corrected chi connectivity index (χ3v) is 1.59. The molecule has 1 aliphatic heterocycles. The fourth-order valence-corrected chi connectivity index (χ4v) is 1.04. The first-order valence-corrected chi connectivity index (χ1v) is 3.14. The number of carbonyl (C=O) groups excluding carboxylic acids is 1.